The number of halogens is 1. The Kier molecular flexibility index (Phi) is 4.90. The van der Waals surface area contributed by atoms with E-state index < -0.39 is 0 Å². The number of hydrogen-bond acceptors (Lipinski definition) is 1. The summed E-state index contributed by atoms with van der Waals surface area (Å²) in [5.41, 5.74) is 5.25. The number of benzene rings is 2. The molecule has 1 unspecified atom stereocenters. The summed E-state index contributed by atoms with van der Waals surface area (Å²) in [5, 5.41) is 3.76. The van der Waals surface area contributed by atoms with E-state index in [2.05, 4.69) is 98.3 Å². The van der Waals surface area contributed by atoms with Crippen LogP contribution in [0.3, 0.4) is 0 Å². The van der Waals surface area contributed by atoms with E-state index in [0.29, 0.717) is 6.04 Å². The lowest BCUT2D eigenvalue weighted by Crippen LogP contribution is -2.38. The van der Waals surface area contributed by atoms with Crippen molar-refractivity contribution in [2.75, 3.05) is 0 Å². The van der Waals surface area contributed by atoms with Crippen LogP contribution in [-0.4, -0.2) is 0 Å². The summed E-state index contributed by atoms with van der Waals surface area (Å²) in [6, 6.07) is 15.5. The molecule has 0 aliphatic carbocycles. The van der Waals surface area contributed by atoms with Gasteiger partial charge in [-0.25, -0.2) is 0 Å². The van der Waals surface area contributed by atoms with Crippen molar-refractivity contribution in [3.63, 3.8) is 0 Å². The van der Waals surface area contributed by atoms with Crippen LogP contribution in [-0.2, 0) is 5.54 Å². The average molecular weight is 346 g/mol. The average Bonchev–Trinajstić information content (AvgIpc) is 2.41. The third-order valence-corrected chi connectivity index (χ3v) is 4.57. The first-order valence-electron chi connectivity index (χ1n) is 7.40. The normalized spacial score (nSPS) is 13.2. The van der Waals surface area contributed by atoms with Crippen LogP contribution in [0.2, 0.25) is 0 Å². The van der Waals surface area contributed by atoms with Crippen LogP contribution < -0.4 is 5.32 Å². The molecular weight excluding hydrogens is 322 g/mol. The zero-order chi connectivity index (χ0) is 15.6. The third kappa shape index (κ3) is 3.96. The van der Waals surface area contributed by atoms with Gasteiger partial charge < -0.3 is 5.32 Å². The Hall–Kier alpha value is -1.12. The van der Waals surface area contributed by atoms with E-state index in [1.165, 1.54) is 22.3 Å². The lowest BCUT2D eigenvalue weighted by Gasteiger charge is -2.32. The van der Waals surface area contributed by atoms with Gasteiger partial charge in [-0.15, -0.1) is 0 Å². The van der Waals surface area contributed by atoms with Gasteiger partial charge in [0.05, 0.1) is 0 Å². The molecule has 0 aliphatic rings. The summed E-state index contributed by atoms with van der Waals surface area (Å²) < 4.78 is 1.12. The molecule has 2 aromatic carbocycles. The lowest BCUT2D eigenvalue weighted by atomic mass is 9.91. The van der Waals surface area contributed by atoms with Gasteiger partial charge >= 0.3 is 0 Å². The minimum absolute atomic E-state index is 0.0731. The van der Waals surface area contributed by atoms with Crippen LogP contribution in [0.25, 0.3) is 0 Å². The zero-order valence-electron chi connectivity index (χ0n) is 13.5. The molecule has 1 atom stereocenters. The third-order valence-electron chi connectivity index (χ3n) is 4.04. The van der Waals surface area contributed by atoms with Crippen LogP contribution in [0.1, 0.15) is 49.1 Å². The molecular formula is C19H24BrN. The van der Waals surface area contributed by atoms with Crippen molar-refractivity contribution in [1.82, 2.24) is 5.32 Å². The van der Waals surface area contributed by atoms with E-state index >= 15 is 0 Å². The minimum atomic E-state index is -0.0731. The van der Waals surface area contributed by atoms with E-state index in [0.717, 1.165) is 4.47 Å². The van der Waals surface area contributed by atoms with Gasteiger partial charge in [-0.3, -0.25) is 0 Å². The molecule has 21 heavy (non-hydrogen) atoms. The molecule has 112 valence electrons. The summed E-state index contributed by atoms with van der Waals surface area (Å²) in [5.74, 6) is 0. The molecule has 1 nitrogen and oxygen atoms in total. The minimum Gasteiger partial charge on any atom is -0.301 e. The van der Waals surface area contributed by atoms with Crippen LogP contribution in [0.15, 0.2) is 46.9 Å². The van der Waals surface area contributed by atoms with Gasteiger partial charge in [-0.2, -0.15) is 0 Å². The number of aryl methyl sites for hydroxylation is 2. The highest BCUT2D eigenvalue weighted by atomic mass is 79.9. The van der Waals surface area contributed by atoms with Gasteiger partial charge in [0.15, 0.2) is 0 Å². The zero-order valence-corrected chi connectivity index (χ0v) is 15.1. The quantitative estimate of drug-likeness (QED) is 0.754. The smallest absolute Gasteiger partial charge is 0.0382 e. The van der Waals surface area contributed by atoms with E-state index in [1.54, 1.807) is 0 Å². The van der Waals surface area contributed by atoms with Crippen molar-refractivity contribution in [1.29, 1.82) is 0 Å². The molecule has 0 saturated carbocycles. The summed E-state index contributed by atoms with van der Waals surface area (Å²) >= 11 is 3.50. The predicted molar refractivity (Wildman–Crippen MR) is 94.6 cm³/mol. The highest BCUT2D eigenvalue weighted by Gasteiger charge is 2.23. The van der Waals surface area contributed by atoms with Gasteiger partial charge in [-0.1, -0.05) is 51.8 Å². The van der Waals surface area contributed by atoms with Gasteiger partial charge in [0, 0.05) is 16.1 Å². The molecule has 0 saturated heterocycles. The number of hydrogen-bond donors (Lipinski definition) is 1. The Morgan fingerprint density at radius 2 is 1.62 bits per heavy atom. The maximum atomic E-state index is 3.76. The first kappa shape index (κ1) is 16.3. The molecule has 0 radical (unpaired) electrons. The molecule has 0 heterocycles. The van der Waals surface area contributed by atoms with Crippen molar-refractivity contribution < 1.29 is 0 Å². The van der Waals surface area contributed by atoms with Gasteiger partial charge in [-0.05, 0) is 63.4 Å². The fourth-order valence-corrected chi connectivity index (χ4v) is 3.06. The Morgan fingerprint density at radius 1 is 1.00 bits per heavy atom. The molecule has 2 heteroatoms. The molecule has 0 spiro atoms. The van der Waals surface area contributed by atoms with Gasteiger partial charge in [0.25, 0.3) is 0 Å². The number of rotatable bonds is 4. The Labute approximate surface area is 136 Å². The monoisotopic (exact) mass is 345 g/mol. The second-order valence-corrected chi connectivity index (χ2v) is 7.27. The van der Waals surface area contributed by atoms with E-state index in [-0.39, 0.29) is 5.54 Å². The SMILES string of the molecule is Cc1ccc(C)c(C(C)NC(C)(C)c2ccc(Br)cc2)c1. The Bertz CT molecular complexity index is 614. The number of nitrogens with one attached hydrogen (secondary N) is 1. The summed E-state index contributed by atoms with van der Waals surface area (Å²) in [6.45, 7) is 11.0. The molecule has 0 aromatic heterocycles. The Morgan fingerprint density at radius 3 is 2.24 bits per heavy atom. The van der Waals surface area contributed by atoms with Gasteiger partial charge in [0.2, 0.25) is 0 Å². The largest absolute Gasteiger partial charge is 0.301 e. The van der Waals surface area contributed by atoms with Crippen LogP contribution in [0.5, 0.6) is 0 Å². The maximum absolute atomic E-state index is 3.76. The van der Waals surface area contributed by atoms with Crippen molar-refractivity contribution in [3.05, 3.63) is 69.2 Å². The van der Waals surface area contributed by atoms with E-state index in [4.69, 9.17) is 0 Å². The molecule has 0 bridgehead atoms. The van der Waals surface area contributed by atoms with Crippen molar-refractivity contribution >= 4 is 15.9 Å². The molecule has 2 rings (SSSR count). The summed E-state index contributed by atoms with van der Waals surface area (Å²) in [4.78, 5) is 0. The Balaban J connectivity index is 2.23. The molecule has 0 amide bonds. The molecule has 0 fully saturated rings. The highest BCUT2D eigenvalue weighted by molar-refractivity contribution is 9.10. The van der Waals surface area contributed by atoms with E-state index in [1.807, 2.05) is 0 Å². The summed E-state index contributed by atoms with van der Waals surface area (Å²) in [7, 11) is 0. The van der Waals surface area contributed by atoms with Crippen LogP contribution in [0.4, 0.5) is 0 Å². The molecule has 1 N–H and O–H groups in total. The van der Waals surface area contributed by atoms with Crippen LogP contribution >= 0.6 is 15.9 Å². The van der Waals surface area contributed by atoms with Gasteiger partial charge in [0.1, 0.15) is 0 Å². The highest BCUT2D eigenvalue weighted by Crippen LogP contribution is 2.27. The topological polar surface area (TPSA) is 12.0 Å². The van der Waals surface area contributed by atoms with E-state index in [9.17, 15) is 0 Å². The predicted octanol–water partition coefficient (Wildman–Crippen LogP) is 5.65. The summed E-state index contributed by atoms with van der Waals surface area (Å²) in [6.07, 6.45) is 0. The standard InChI is InChI=1S/C19H24BrN/c1-13-6-7-14(2)18(12-13)15(3)21-19(4,5)16-8-10-17(20)11-9-16/h6-12,15,21H,1-5H3. The first-order valence-corrected chi connectivity index (χ1v) is 8.20. The molecule has 0 aliphatic heterocycles. The second kappa shape index (κ2) is 6.33. The van der Waals surface area contributed by atoms with Crippen molar-refractivity contribution in [2.45, 2.75) is 46.2 Å². The maximum Gasteiger partial charge on any atom is 0.0382 e. The fraction of sp³-hybridized carbons (Fsp3) is 0.368. The second-order valence-electron chi connectivity index (χ2n) is 6.36. The lowest BCUT2D eigenvalue weighted by molar-refractivity contribution is 0.357. The fourth-order valence-electron chi connectivity index (χ4n) is 2.80. The van der Waals surface area contributed by atoms with Crippen LogP contribution in [0, 0.1) is 13.8 Å². The van der Waals surface area contributed by atoms with Crippen molar-refractivity contribution in [2.24, 2.45) is 0 Å². The first-order chi connectivity index (χ1) is 9.79. The molecule has 2 aromatic rings. The van der Waals surface area contributed by atoms with Crippen molar-refractivity contribution in [3.8, 4) is 0 Å².